The molecule has 0 aliphatic carbocycles. The van der Waals surface area contributed by atoms with Gasteiger partial charge in [-0.15, -0.1) is 24.8 Å². The number of rotatable bonds is 12. The Morgan fingerprint density at radius 2 is 1.71 bits per heavy atom. The first kappa shape index (κ1) is 30.6. The van der Waals surface area contributed by atoms with Gasteiger partial charge >= 0.3 is 5.97 Å². The SMILES string of the molecule is CCCOc1cc(-c2ccc(NCCNC[C@H](O)c3cccc(Cl)c3)cc2)ccc1C(=O)O.Cl.Cl. The molecule has 0 aliphatic heterocycles. The van der Waals surface area contributed by atoms with Crippen molar-refractivity contribution in [2.24, 2.45) is 0 Å². The van der Waals surface area contributed by atoms with Crippen molar-refractivity contribution in [2.75, 3.05) is 31.6 Å². The van der Waals surface area contributed by atoms with E-state index in [1.54, 1.807) is 30.3 Å². The van der Waals surface area contributed by atoms with Gasteiger partial charge in [0.15, 0.2) is 0 Å². The molecule has 0 radical (unpaired) electrons. The van der Waals surface area contributed by atoms with Gasteiger partial charge in [0.05, 0.1) is 12.7 Å². The minimum absolute atomic E-state index is 0. The molecule has 3 rings (SSSR count). The van der Waals surface area contributed by atoms with Crippen molar-refractivity contribution in [1.29, 1.82) is 0 Å². The summed E-state index contributed by atoms with van der Waals surface area (Å²) in [6, 6.07) is 20.3. The van der Waals surface area contributed by atoms with Crippen LogP contribution in [0.4, 0.5) is 5.69 Å². The Bertz CT molecular complexity index is 1060. The molecule has 0 amide bonds. The number of aliphatic hydroxyl groups is 1. The Balaban J connectivity index is 0.00000306. The van der Waals surface area contributed by atoms with Crippen LogP contribution in [0.15, 0.2) is 66.7 Å². The van der Waals surface area contributed by atoms with Crippen LogP contribution in [-0.4, -0.2) is 42.4 Å². The quantitative estimate of drug-likeness (QED) is 0.208. The summed E-state index contributed by atoms with van der Waals surface area (Å²) in [6.45, 7) is 4.28. The molecule has 0 aromatic heterocycles. The fourth-order valence-corrected chi connectivity index (χ4v) is 3.55. The third-order valence-electron chi connectivity index (χ3n) is 5.09. The maximum absolute atomic E-state index is 11.4. The minimum atomic E-state index is -0.999. The van der Waals surface area contributed by atoms with Gasteiger partial charge in [0.1, 0.15) is 11.3 Å². The zero-order chi connectivity index (χ0) is 23.6. The average molecular weight is 542 g/mol. The molecule has 190 valence electrons. The molecule has 0 spiro atoms. The molecule has 0 saturated carbocycles. The van der Waals surface area contributed by atoms with Crippen molar-refractivity contribution in [3.05, 3.63) is 82.9 Å². The zero-order valence-electron chi connectivity index (χ0n) is 19.4. The number of carbonyl (C=O) groups is 1. The Labute approximate surface area is 223 Å². The summed E-state index contributed by atoms with van der Waals surface area (Å²) < 4.78 is 5.64. The lowest BCUT2D eigenvalue weighted by molar-refractivity contribution is 0.0692. The van der Waals surface area contributed by atoms with Gasteiger partial charge in [-0.2, -0.15) is 0 Å². The molecular weight excluding hydrogens is 511 g/mol. The summed E-state index contributed by atoms with van der Waals surface area (Å²) in [7, 11) is 0. The van der Waals surface area contributed by atoms with Gasteiger partial charge in [0.2, 0.25) is 0 Å². The first-order chi connectivity index (χ1) is 16.0. The topological polar surface area (TPSA) is 90.8 Å². The second-order valence-corrected chi connectivity index (χ2v) is 8.08. The third-order valence-corrected chi connectivity index (χ3v) is 5.33. The standard InChI is InChI=1S/C26H29ClN2O4.2ClH/c1-2-14-33-25-16-19(8-11-23(25)26(31)32)18-6-9-22(10-7-18)29-13-12-28-17-24(30)20-4-3-5-21(27)15-20;;/h3-11,15-16,24,28-30H,2,12-14,17H2,1H3,(H,31,32);2*1H/t24-;;/m0../s1. The van der Waals surface area contributed by atoms with Crippen molar-refractivity contribution < 1.29 is 19.7 Å². The van der Waals surface area contributed by atoms with Gasteiger partial charge < -0.3 is 25.6 Å². The molecule has 0 saturated heterocycles. The van der Waals surface area contributed by atoms with Crippen LogP contribution in [-0.2, 0) is 0 Å². The van der Waals surface area contributed by atoms with E-state index in [0.29, 0.717) is 37.0 Å². The normalized spacial score (nSPS) is 11.1. The molecule has 3 aromatic carbocycles. The van der Waals surface area contributed by atoms with Gasteiger partial charge in [0.25, 0.3) is 0 Å². The lowest BCUT2D eigenvalue weighted by atomic mass is 10.0. The summed E-state index contributed by atoms with van der Waals surface area (Å²) >= 11 is 5.97. The summed E-state index contributed by atoms with van der Waals surface area (Å²) in [5.74, 6) is -0.615. The largest absolute Gasteiger partial charge is 0.493 e. The van der Waals surface area contributed by atoms with Crippen molar-refractivity contribution in [1.82, 2.24) is 5.32 Å². The molecule has 0 heterocycles. The number of carboxylic acids is 1. The van der Waals surface area contributed by atoms with E-state index in [-0.39, 0.29) is 30.4 Å². The second-order valence-electron chi connectivity index (χ2n) is 7.64. The number of halogens is 3. The minimum Gasteiger partial charge on any atom is -0.493 e. The molecule has 6 nitrogen and oxygen atoms in total. The number of ether oxygens (including phenoxy) is 1. The number of nitrogens with one attached hydrogen (secondary N) is 2. The number of hydrogen-bond acceptors (Lipinski definition) is 5. The van der Waals surface area contributed by atoms with E-state index in [0.717, 1.165) is 28.8 Å². The Hall–Kier alpha value is -2.48. The fraction of sp³-hybridized carbons (Fsp3) is 0.269. The van der Waals surface area contributed by atoms with Crippen LogP contribution in [0.25, 0.3) is 11.1 Å². The molecule has 35 heavy (non-hydrogen) atoms. The first-order valence-corrected chi connectivity index (χ1v) is 11.3. The highest BCUT2D eigenvalue weighted by molar-refractivity contribution is 6.30. The number of aromatic carboxylic acids is 1. The van der Waals surface area contributed by atoms with E-state index in [9.17, 15) is 15.0 Å². The lowest BCUT2D eigenvalue weighted by Gasteiger charge is -2.13. The molecule has 4 N–H and O–H groups in total. The highest BCUT2D eigenvalue weighted by Crippen LogP contribution is 2.28. The van der Waals surface area contributed by atoms with Crippen LogP contribution in [0.3, 0.4) is 0 Å². The van der Waals surface area contributed by atoms with E-state index in [1.165, 1.54) is 0 Å². The maximum atomic E-state index is 11.4. The Morgan fingerprint density at radius 1 is 1.00 bits per heavy atom. The first-order valence-electron chi connectivity index (χ1n) is 11.0. The molecule has 9 heteroatoms. The summed E-state index contributed by atoms with van der Waals surface area (Å²) in [4.78, 5) is 11.4. The fourth-order valence-electron chi connectivity index (χ4n) is 3.36. The number of anilines is 1. The third kappa shape index (κ3) is 9.24. The Kier molecular flexibility index (Phi) is 13.5. The molecule has 0 unspecified atom stereocenters. The van der Waals surface area contributed by atoms with Crippen LogP contribution < -0.4 is 15.4 Å². The lowest BCUT2D eigenvalue weighted by Crippen LogP contribution is -2.26. The van der Waals surface area contributed by atoms with Gasteiger partial charge in [-0.3, -0.25) is 0 Å². The van der Waals surface area contributed by atoms with Crippen LogP contribution in [0.1, 0.15) is 35.4 Å². The molecule has 1 atom stereocenters. The molecule has 0 aliphatic rings. The van der Waals surface area contributed by atoms with Gasteiger partial charge in [-0.1, -0.05) is 48.9 Å². The number of hydrogen-bond donors (Lipinski definition) is 4. The average Bonchev–Trinajstić information content (AvgIpc) is 2.82. The van der Waals surface area contributed by atoms with Crippen LogP contribution in [0.2, 0.25) is 5.02 Å². The highest BCUT2D eigenvalue weighted by atomic mass is 35.5. The van der Waals surface area contributed by atoms with Crippen molar-refractivity contribution in [3.8, 4) is 16.9 Å². The zero-order valence-corrected chi connectivity index (χ0v) is 21.8. The number of benzene rings is 3. The smallest absolute Gasteiger partial charge is 0.339 e. The summed E-state index contributed by atoms with van der Waals surface area (Å²) in [5.41, 5.74) is 3.80. The predicted molar refractivity (Wildman–Crippen MR) is 147 cm³/mol. The van der Waals surface area contributed by atoms with Crippen LogP contribution in [0.5, 0.6) is 5.75 Å². The number of carboxylic acid groups (broad SMARTS) is 1. The van der Waals surface area contributed by atoms with E-state index >= 15 is 0 Å². The summed E-state index contributed by atoms with van der Waals surface area (Å²) in [5, 5.41) is 26.8. The Morgan fingerprint density at radius 3 is 2.37 bits per heavy atom. The predicted octanol–water partition coefficient (Wildman–Crippen LogP) is 6.07. The van der Waals surface area contributed by atoms with Crippen molar-refractivity contribution in [2.45, 2.75) is 19.4 Å². The van der Waals surface area contributed by atoms with Gasteiger partial charge in [-0.05, 0) is 59.5 Å². The second kappa shape index (κ2) is 15.5. The molecule has 3 aromatic rings. The van der Waals surface area contributed by atoms with Crippen LogP contribution >= 0.6 is 36.4 Å². The van der Waals surface area contributed by atoms with Gasteiger partial charge in [0, 0.05) is 30.3 Å². The van der Waals surface area contributed by atoms with Gasteiger partial charge in [-0.25, -0.2) is 4.79 Å². The molecule has 0 fully saturated rings. The monoisotopic (exact) mass is 540 g/mol. The van der Waals surface area contributed by atoms with E-state index < -0.39 is 12.1 Å². The van der Waals surface area contributed by atoms with Crippen LogP contribution in [0, 0.1) is 0 Å². The number of aliphatic hydroxyl groups excluding tert-OH is 1. The maximum Gasteiger partial charge on any atom is 0.339 e. The van der Waals surface area contributed by atoms with Crippen molar-refractivity contribution >= 4 is 48.1 Å². The van der Waals surface area contributed by atoms with E-state index in [1.807, 2.05) is 43.3 Å². The molecular formula is C26H31Cl3N2O4. The van der Waals surface area contributed by atoms with E-state index in [4.69, 9.17) is 16.3 Å². The van der Waals surface area contributed by atoms with E-state index in [2.05, 4.69) is 10.6 Å². The summed E-state index contributed by atoms with van der Waals surface area (Å²) in [6.07, 6.45) is 0.194. The molecule has 0 bridgehead atoms. The highest BCUT2D eigenvalue weighted by Gasteiger charge is 2.13. The van der Waals surface area contributed by atoms with Crippen molar-refractivity contribution in [3.63, 3.8) is 0 Å².